The summed E-state index contributed by atoms with van der Waals surface area (Å²) < 4.78 is 6.41. The van der Waals surface area contributed by atoms with Gasteiger partial charge in [0, 0.05) is 27.7 Å². The van der Waals surface area contributed by atoms with E-state index in [4.69, 9.17) is 16.3 Å². The Morgan fingerprint density at radius 3 is 2.56 bits per heavy atom. The number of hydrogen-bond acceptors (Lipinski definition) is 5. The van der Waals surface area contributed by atoms with Crippen molar-refractivity contribution >= 4 is 52.4 Å². The van der Waals surface area contributed by atoms with Crippen LogP contribution in [0.3, 0.4) is 0 Å². The highest BCUT2D eigenvalue weighted by Gasteiger charge is 2.36. The molecule has 2 aromatic carbocycles. The van der Waals surface area contributed by atoms with Crippen molar-refractivity contribution in [3.05, 3.63) is 76.5 Å². The van der Waals surface area contributed by atoms with Crippen LogP contribution >= 0.6 is 11.6 Å². The van der Waals surface area contributed by atoms with E-state index in [0.717, 1.165) is 15.8 Å². The van der Waals surface area contributed by atoms with Crippen LogP contribution in [0.2, 0.25) is 5.02 Å². The Bertz CT molecular complexity index is 1290. The molecule has 0 radical (unpaired) electrons. The number of carbonyl (C=O) groups is 4. The molecule has 0 bridgehead atoms. The first-order valence-electron chi connectivity index (χ1n) is 9.66. The minimum absolute atomic E-state index is 0.0303. The van der Waals surface area contributed by atoms with E-state index in [9.17, 15) is 19.2 Å². The summed E-state index contributed by atoms with van der Waals surface area (Å²) >= 11 is 6.16. The molecule has 1 aliphatic heterocycles. The zero-order valence-electron chi connectivity index (χ0n) is 17.0. The standard InChI is InChI=1S/C23H18ClN3O5/c1-32-20(28)13-26-11-15(16-7-3-5-9-19(16)26)10-17-21(29)25-23(31)27(22(17)30)12-14-6-2-4-8-18(14)24/h2-11H,12-13H2,1H3,(H,25,29,31). The van der Waals surface area contributed by atoms with E-state index in [1.165, 1.54) is 13.2 Å². The van der Waals surface area contributed by atoms with Gasteiger partial charge in [-0.25, -0.2) is 4.79 Å². The molecule has 1 saturated heterocycles. The summed E-state index contributed by atoms with van der Waals surface area (Å²) in [7, 11) is 1.30. The molecule has 4 rings (SSSR count). The fourth-order valence-corrected chi connectivity index (χ4v) is 3.71. The largest absolute Gasteiger partial charge is 0.468 e. The van der Waals surface area contributed by atoms with Crippen molar-refractivity contribution in [2.24, 2.45) is 0 Å². The number of esters is 1. The zero-order chi connectivity index (χ0) is 22.8. The van der Waals surface area contributed by atoms with Gasteiger partial charge in [-0.15, -0.1) is 0 Å². The van der Waals surface area contributed by atoms with Gasteiger partial charge >= 0.3 is 12.0 Å². The van der Waals surface area contributed by atoms with Gasteiger partial charge in [0.05, 0.1) is 13.7 Å². The first-order chi connectivity index (χ1) is 15.4. The Kier molecular flexibility index (Phi) is 5.79. The number of fused-ring (bicyclic) bond motifs is 1. The maximum Gasteiger partial charge on any atom is 0.331 e. The summed E-state index contributed by atoms with van der Waals surface area (Å²) in [5, 5.41) is 3.34. The van der Waals surface area contributed by atoms with Crippen molar-refractivity contribution < 1.29 is 23.9 Å². The predicted molar refractivity (Wildman–Crippen MR) is 117 cm³/mol. The average molecular weight is 452 g/mol. The molecular formula is C23H18ClN3O5. The highest BCUT2D eigenvalue weighted by atomic mass is 35.5. The summed E-state index contributed by atoms with van der Waals surface area (Å²) in [5.74, 6) is -1.96. The van der Waals surface area contributed by atoms with Crippen LogP contribution in [0.15, 0.2) is 60.3 Å². The van der Waals surface area contributed by atoms with E-state index in [1.807, 2.05) is 24.3 Å². The molecule has 1 fully saturated rings. The Balaban J connectivity index is 1.73. The third-order valence-corrected chi connectivity index (χ3v) is 5.49. The lowest BCUT2D eigenvalue weighted by Gasteiger charge is -2.26. The van der Waals surface area contributed by atoms with Crippen molar-refractivity contribution in [2.75, 3.05) is 7.11 Å². The lowest BCUT2D eigenvalue weighted by Crippen LogP contribution is -2.53. The molecule has 32 heavy (non-hydrogen) atoms. The lowest BCUT2D eigenvalue weighted by atomic mass is 10.1. The number of nitrogens with one attached hydrogen (secondary N) is 1. The van der Waals surface area contributed by atoms with E-state index < -0.39 is 23.8 Å². The number of urea groups is 1. The maximum absolute atomic E-state index is 13.1. The van der Waals surface area contributed by atoms with E-state index in [0.29, 0.717) is 16.1 Å². The number of nitrogens with zero attached hydrogens (tertiary/aromatic N) is 2. The summed E-state index contributed by atoms with van der Waals surface area (Å²) in [5.41, 5.74) is 1.66. The molecule has 8 nitrogen and oxygen atoms in total. The van der Waals surface area contributed by atoms with Crippen molar-refractivity contribution in [1.29, 1.82) is 0 Å². The fraction of sp³-hybridized carbons (Fsp3) is 0.130. The number of benzene rings is 2. The van der Waals surface area contributed by atoms with Gasteiger partial charge in [0.2, 0.25) is 0 Å². The Hall–Kier alpha value is -3.91. The molecule has 2 heterocycles. The van der Waals surface area contributed by atoms with Crippen LogP contribution in [0.1, 0.15) is 11.1 Å². The smallest absolute Gasteiger partial charge is 0.331 e. The number of aromatic nitrogens is 1. The molecule has 162 valence electrons. The Morgan fingerprint density at radius 1 is 1.09 bits per heavy atom. The molecule has 0 aliphatic carbocycles. The second kappa shape index (κ2) is 8.68. The third kappa shape index (κ3) is 4.00. The number of halogens is 1. The first kappa shape index (κ1) is 21.3. The van der Waals surface area contributed by atoms with Crippen LogP contribution in [-0.2, 0) is 32.2 Å². The molecule has 0 saturated carbocycles. The van der Waals surface area contributed by atoms with Crippen LogP contribution in [-0.4, -0.2) is 40.4 Å². The molecule has 4 amide bonds. The molecule has 9 heteroatoms. The lowest BCUT2D eigenvalue weighted by molar-refractivity contribution is -0.141. The van der Waals surface area contributed by atoms with Gasteiger partial charge in [-0.3, -0.25) is 24.6 Å². The molecule has 3 aromatic rings. The number of ether oxygens (including phenoxy) is 1. The number of carbonyl (C=O) groups excluding carboxylic acids is 4. The van der Waals surface area contributed by atoms with E-state index in [2.05, 4.69) is 5.32 Å². The molecule has 0 atom stereocenters. The number of hydrogen-bond donors (Lipinski definition) is 1. The van der Waals surface area contributed by atoms with Crippen molar-refractivity contribution in [2.45, 2.75) is 13.1 Å². The number of amides is 4. The molecule has 0 unspecified atom stereocenters. The summed E-state index contributed by atoms with van der Waals surface area (Å²) in [6, 6.07) is 13.3. The van der Waals surface area contributed by atoms with Crippen molar-refractivity contribution in [1.82, 2.24) is 14.8 Å². The number of rotatable bonds is 5. The monoisotopic (exact) mass is 451 g/mol. The van der Waals surface area contributed by atoms with Gasteiger partial charge < -0.3 is 9.30 Å². The van der Waals surface area contributed by atoms with Gasteiger partial charge in [-0.05, 0) is 23.8 Å². The second-order valence-electron chi connectivity index (χ2n) is 7.11. The maximum atomic E-state index is 13.1. The van der Waals surface area contributed by atoms with Crippen LogP contribution in [0.25, 0.3) is 17.0 Å². The van der Waals surface area contributed by atoms with Gasteiger partial charge in [0.15, 0.2) is 0 Å². The highest BCUT2D eigenvalue weighted by Crippen LogP contribution is 2.26. The minimum Gasteiger partial charge on any atom is -0.468 e. The van der Waals surface area contributed by atoms with Gasteiger partial charge in [0.25, 0.3) is 11.8 Å². The van der Waals surface area contributed by atoms with E-state index in [-0.39, 0.29) is 18.7 Å². The van der Waals surface area contributed by atoms with Crippen LogP contribution < -0.4 is 5.32 Å². The zero-order valence-corrected chi connectivity index (χ0v) is 17.8. The van der Waals surface area contributed by atoms with E-state index >= 15 is 0 Å². The summed E-state index contributed by atoms with van der Waals surface area (Å²) in [6.45, 7) is -0.115. The minimum atomic E-state index is -0.815. The topological polar surface area (TPSA) is 97.7 Å². The predicted octanol–water partition coefficient (Wildman–Crippen LogP) is 3.13. The number of para-hydroxylation sites is 1. The molecular weight excluding hydrogens is 434 g/mol. The third-order valence-electron chi connectivity index (χ3n) is 5.12. The molecule has 0 spiro atoms. The van der Waals surface area contributed by atoms with Gasteiger partial charge in [0.1, 0.15) is 12.1 Å². The van der Waals surface area contributed by atoms with Gasteiger partial charge in [-0.1, -0.05) is 48.0 Å². The number of barbiturate groups is 1. The van der Waals surface area contributed by atoms with Crippen LogP contribution in [0.5, 0.6) is 0 Å². The first-order valence-corrected chi connectivity index (χ1v) is 10.0. The number of methoxy groups -OCH3 is 1. The highest BCUT2D eigenvalue weighted by molar-refractivity contribution is 6.32. The molecule has 1 aromatic heterocycles. The van der Waals surface area contributed by atoms with Crippen LogP contribution in [0.4, 0.5) is 4.79 Å². The summed E-state index contributed by atoms with van der Waals surface area (Å²) in [4.78, 5) is 50.6. The van der Waals surface area contributed by atoms with Crippen molar-refractivity contribution in [3.8, 4) is 0 Å². The number of imide groups is 2. The average Bonchev–Trinajstić information content (AvgIpc) is 3.12. The fourth-order valence-electron chi connectivity index (χ4n) is 3.51. The Labute approximate surface area is 188 Å². The second-order valence-corrected chi connectivity index (χ2v) is 7.51. The SMILES string of the molecule is COC(=O)Cn1cc(C=C2C(=O)NC(=O)N(Cc3ccccc3Cl)C2=O)c2ccccc21. The normalized spacial score (nSPS) is 15.4. The quantitative estimate of drug-likeness (QED) is 0.365. The Morgan fingerprint density at radius 2 is 1.81 bits per heavy atom. The summed E-state index contributed by atoms with van der Waals surface area (Å²) in [6.07, 6.45) is 3.07. The molecule has 1 N–H and O–H groups in total. The van der Waals surface area contributed by atoms with Gasteiger partial charge in [-0.2, -0.15) is 0 Å². The van der Waals surface area contributed by atoms with Crippen molar-refractivity contribution in [3.63, 3.8) is 0 Å². The van der Waals surface area contributed by atoms with E-state index in [1.54, 1.807) is 35.0 Å². The van der Waals surface area contributed by atoms with Crippen LogP contribution in [0, 0.1) is 0 Å². The molecule has 1 aliphatic rings.